The molecule has 3 aliphatic rings. The summed E-state index contributed by atoms with van der Waals surface area (Å²) in [5.74, 6) is 0.833. The van der Waals surface area contributed by atoms with Crippen molar-refractivity contribution in [1.29, 1.82) is 0 Å². The topological polar surface area (TPSA) is 19.0 Å². The minimum Gasteiger partial charge on any atom is -0.497 e. The molecule has 3 aliphatic heterocycles. The Morgan fingerprint density at radius 3 is 1.07 bits per heavy atom. The Balaban J connectivity index is 1.45. The zero-order chi connectivity index (χ0) is 28.7. The maximum Gasteiger partial charge on any atom is 0.119 e. The molecule has 0 aliphatic carbocycles. The van der Waals surface area contributed by atoms with Crippen molar-refractivity contribution < 1.29 is 4.74 Å². The van der Waals surface area contributed by atoms with Gasteiger partial charge in [-0.05, 0) is 84.9 Å². The van der Waals surface area contributed by atoms with Gasteiger partial charge in [0.1, 0.15) is 5.75 Å². The number of rotatable bonds is 4. The van der Waals surface area contributed by atoms with Crippen LogP contribution in [0, 0.1) is 0 Å². The molecule has 6 heteroatoms. The van der Waals surface area contributed by atoms with Crippen LogP contribution in [-0.2, 0) is 11.8 Å². The van der Waals surface area contributed by atoms with Gasteiger partial charge in [-0.25, -0.2) is 0 Å². The summed E-state index contributed by atoms with van der Waals surface area (Å²) in [7, 11) is 1.71. The van der Waals surface area contributed by atoms with E-state index in [4.69, 9.17) is 16.5 Å². The van der Waals surface area contributed by atoms with Crippen molar-refractivity contribution in [3.63, 3.8) is 0 Å². The molecular formula is C37H26N3OPS. The molecule has 206 valence electrons. The fraction of sp³-hybridized carbons (Fsp3) is 0.0270. The third-order valence-electron chi connectivity index (χ3n) is 8.73. The van der Waals surface area contributed by atoms with E-state index in [9.17, 15) is 0 Å². The van der Waals surface area contributed by atoms with Crippen molar-refractivity contribution in [2.75, 3.05) is 21.8 Å². The molecule has 0 aromatic heterocycles. The highest BCUT2D eigenvalue weighted by atomic mass is 32.4. The molecular weight excluding hydrogens is 565 g/mol. The minimum atomic E-state index is -2.49. The van der Waals surface area contributed by atoms with Crippen LogP contribution < -0.4 is 35.4 Å². The van der Waals surface area contributed by atoms with Gasteiger partial charge < -0.3 is 19.4 Å². The van der Waals surface area contributed by atoms with Crippen LogP contribution in [0.25, 0.3) is 0 Å². The third-order valence-corrected chi connectivity index (χ3v) is 13.6. The molecule has 9 rings (SSSR count). The molecule has 0 spiro atoms. The lowest BCUT2D eigenvalue weighted by atomic mass is 10.1. The van der Waals surface area contributed by atoms with E-state index in [1.54, 1.807) is 7.11 Å². The van der Waals surface area contributed by atoms with Crippen molar-refractivity contribution >= 4 is 84.9 Å². The molecule has 6 aromatic carbocycles. The first-order valence-electron chi connectivity index (χ1n) is 14.4. The summed E-state index contributed by atoms with van der Waals surface area (Å²) < 4.78 is 5.52. The second-order valence-corrected chi connectivity index (χ2v) is 15.1. The van der Waals surface area contributed by atoms with Crippen LogP contribution in [0.1, 0.15) is 0 Å². The van der Waals surface area contributed by atoms with E-state index in [0.717, 1.165) is 56.9 Å². The summed E-state index contributed by atoms with van der Waals surface area (Å²) in [6, 6.07) is 47.2. The summed E-state index contributed by atoms with van der Waals surface area (Å²) in [6.07, 6.45) is 0. The van der Waals surface area contributed by atoms with Gasteiger partial charge in [0.2, 0.25) is 0 Å². The second-order valence-electron chi connectivity index (χ2n) is 10.9. The number of anilines is 9. The first kappa shape index (κ1) is 24.7. The fourth-order valence-corrected chi connectivity index (χ4v) is 12.4. The number of ether oxygens (including phenoxy) is 1. The molecule has 0 N–H and O–H groups in total. The Morgan fingerprint density at radius 2 is 0.744 bits per heavy atom. The summed E-state index contributed by atoms with van der Waals surface area (Å²) in [6.45, 7) is 0. The summed E-state index contributed by atoms with van der Waals surface area (Å²) in [4.78, 5) is 7.22. The van der Waals surface area contributed by atoms with Crippen LogP contribution in [0.2, 0.25) is 0 Å². The minimum absolute atomic E-state index is 0.833. The summed E-state index contributed by atoms with van der Waals surface area (Å²) in [5, 5.41) is 3.75. The van der Waals surface area contributed by atoms with E-state index in [1.807, 2.05) is 12.1 Å². The van der Waals surface area contributed by atoms with Gasteiger partial charge in [-0.2, -0.15) is 0 Å². The highest BCUT2D eigenvalue weighted by molar-refractivity contribution is 8.26. The first-order valence-corrected chi connectivity index (χ1v) is 17.2. The van der Waals surface area contributed by atoms with Gasteiger partial charge in [0, 0.05) is 33.0 Å². The molecule has 0 radical (unpaired) electrons. The van der Waals surface area contributed by atoms with Gasteiger partial charge in [-0.3, -0.25) is 0 Å². The van der Waals surface area contributed by atoms with Crippen LogP contribution in [-0.4, -0.2) is 7.11 Å². The lowest BCUT2D eigenvalue weighted by Gasteiger charge is -2.51. The molecule has 0 saturated heterocycles. The largest absolute Gasteiger partial charge is 0.497 e. The lowest BCUT2D eigenvalue weighted by Crippen LogP contribution is -2.47. The van der Waals surface area contributed by atoms with Crippen molar-refractivity contribution in [3.8, 4) is 5.75 Å². The zero-order valence-electron chi connectivity index (χ0n) is 23.4. The molecule has 0 saturated carbocycles. The SMILES string of the molecule is COc1ccc(N2c3cccc4c3P3(=S)c5c(cccc5N(c5ccccc5)c5cccc2c53)N4c2ccccc2)cc1. The van der Waals surface area contributed by atoms with Gasteiger partial charge in [-0.1, -0.05) is 66.4 Å². The van der Waals surface area contributed by atoms with Crippen molar-refractivity contribution in [1.82, 2.24) is 0 Å². The zero-order valence-corrected chi connectivity index (χ0v) is 25.1. The normalized spacial score (nSPS) is 14.8. The molecule has 0 bridgehead atoms. The average molecular weight is 592 g/mol. The van der Waals surface area contributed by atoms with Crippen LogP contribution in [0.4, 0.5) is 51.2 Å². The third kappa shape index (κ3) is 3.24. The van der Waals surface area contributed by atoms with Gasteiger partial charge in [-0.15, -0.1) is 0 Å². The van der Waals surface area contributed by atoms with E-state index >= 15 is 0 Å². The predicted octanol–water partition coefficient (Wildman–Crippen LogP) is 8.80. The Labute approximate surface area is 256 Å². The molecule has 0 unspecified atom stereocenters. The quantitative estimate of drug-likeness (QED) is 0.190. The Morgan fingerprint density at radius 1 is 0.419 bits per heavy atom. The molecule has 4 nitrogen and oxygen atoms in total. The van der Waals surface area contributed by atoms with Crippen LogP contribution in [0.15, 0.2) is 140 Å². The average Bonchev–Trinajstić information content (AvgIpc) is 3.06. The van der Waals surface area contributed by atoms with E-state index in [2.05, 4.69) is 142 Å². The highest BCUT2D eigenvalue weighted by Crippen LogP contribution is 2.66. The van der Waals surface area contributed by atoms with Crippen molar-refractivity contribution in [3.05, 3.63) is 140 Å². The van der Waals surface area contributed by atoms with Gasteiger partial charge in [0.25, 0.3) is 0 Å². The standard InChI is InChI=1S/C37H26N3OPS/c1-41-28-23-21-27(22-24-28)40-33-19-9-17-31-36(33)42(43)35-29(38(31)25-11-4-2-5-12-25)15-8-16-30(35)39(26-13-6-3-7-14-26)32-18-10-20-34(40)37(32)42/h2-24H,1H3. The smallest absolute Gasteiger partial charge is 0.119 e. The number of methoxy groups -OCH3 is 1. The van der Waals surface area contributed by atoms with E-state index in [-0.39, 0.29) is 0 Å². The van der Waals surface area contributed by atoms with E-state index < -0.39 is 6.04 Å². The fourth-order valence-electron chi connectivity index (χ4n) is 7.05. The summed E-state index contributed by atoms with van der Waals surface area (Å²) in [5.41, 5.74) is 10.2. The number of hydrogen-bond donors (Lipinski definition) is 0. The predicted molar refractivity (Wildman–Crippen MR) is 184 cm³/mol. The number of hydrogen-bond acceptors (Lipinski definition) is 5. The maximum atomic E-state index is 7.15. The molecule has 6 aromatic rings. The van der Waals surface area contributed by atoms with Gasteiger partial charge in [0.05, 0.1) is 47.3 Å². The molecule has 0 amide bonds. The lowest BCUT2D eigenvalue weighted by molar-refractivity contribution is 0.415. The van der Waals surface area contributed by atoms with Crippen LogP contribution >= 0.6 is 6.04 Å². The number of benzene rings is 6. The Hall–Kier alpha value is -4.83. The monoisotopic (exact) mass is 591 g/mol. The molecule has 43 heavy (non-hydrogen) atoms. The van der Waals surface area contributed by atoms with Crippen LogP contribution in [0.3, 0.4) is 0 Å². The van der Waals surface area contributed by atoms with Crippen molar-refractivity contribution in [2.24, 2.45) is 0 Å². The molecule has 0 fully saturated rings. The van der Waals surface area contributed by atoms with Gasteiger partial charge >= 0.3 is 0 Å². The first-order chi connectivity index (χ1) is 21.2. The Kier molecular flexibility index (Phi) is 5.23. The van der Waals surface area contributed by atoms with Gasteiger partial charge in [0.15, 0.2) is 0 Å². The molecule has 3 heterocycles. The van der Waals surface area contributed by atoms with Crippen LogP contribution in [0.5, 0.6) is 5.75 Å². The maximum absolute atomic E-state index is 7.15. The summed E-state index contributed by atoms with van der Waals surface area (Å²) >= 11 is 7.15. The second kappa shape index (κ2) is 9.08. The highest BCUT2D eigenvalue weighted by Gasteiger charge is 2.51. The number of nitrogens with zero attached hydrogens (tertiary/aromatic N) is 3. The van der Waals surface area contributed by atoms with Crippen molar-refractivity contribution in [2.45, 2.75) is 0 Å². The van der Waals surface area contributed by atoms with E-state index in [0.29, 0.717) is 0 Å². The number of para-hydroxylation sites is 2. The molecule has 0 atom stereocenters. The van der Waals surface area contributed by atoms with E-state index in [1.165, 1.54) is 15.9 Å². The Bertz CT molecular complexity index is 1990.